The van der Waals surface area contributed by atoms with Crippen LogP contribution in [0.2, 0.25) is 0 Å². The molecule has 0 bridgehead atoms. The molecular formula is C13H20F3N3S. The molecule has 3 nitrogen and oxygen atoms in total. The van der Waals surface area contributed by atoms with Gasteiger partial charge in [0, 0.05) is 23.4 Å². The molecule has 1 fully saturated rings. The van der Waals surface area contributed by atoms with Gasteiger partial charge in [-0.1, -0.05) is 0 Å². The Bertz CT molecular complexity index is 452. The van der Waals surface area contributed by atoms with Crippen molar-refractivity contribution in [3.63, 3.8) is 0 Å². The van der Waals surface area contributed by atoms with Crippen LogP contribution in [0.1, 0.15) is 43.2 Å². The lowest BCUT2D eigenvalue weighted by atomic mass is 10.2. The Kier molecular flexibility index (Phi) is 4.59. The summed E-state index contributed by atoms with van der Waals surface area (Å²) in [4.78, 5) is 6.91. The van der Waals surface area contributed by atoms with Gasteiger partial charge < -0.3 is 10.2 Å². The summed E-state index contributed by atoms with van der Waals surface area (Å²) in [6.07, 6.45) is -2.01. The Labute approximate surface area is 121 Å². The van der Waals surface area contributed by atoms with Gasteiger partial charge in [-0.05, 0) is 33.7 Å². The first-order valence-electron chi connectivity index (χ1n) is 6.79. The molecular weight excluding hydrogens is 287 g/mol. The smallest absolute Gasteiger partial charge is 0.337 e. The van der Waals surface area contributed by atoms with Gasteiger partial charge >= 0.3 is 6.18 Å². The fourth-order valence-electron chi connectivity index (χ4n) is 2.10. The summed E-state index contributed by atoms with van der Waals surface area (Å²) in [7, 11) is 1.84. The molecule has 0 saturated heterocycles. The summed E-state index contributed by atoms with van der Waals surface area (Å²) in [6, 6.07) is -0.225. The van der Waals surface area contributed by atoms with Crippen LogP contribution in [0.5, 0.6) is 0 Å². The fraction of sp³-hybridized carbons (Fsp3) is 0.769. The molecule has 1 aromatic heterocycles. The van der Waals surface area contributed by atoms with Crippen molar-refractivity contribution in [2.45, 2.75) is 51.4 Å². The van der Waals surface area contributed by atoms with Gasteiger partial charge in [-0.2, -0.15) is 13.2 Å². The summed E-state index contributed by atoms with van der Waals surface area (Å²) >= 11 is 1.38. The maximum Gasteiger partial charge on any atom is 0.406 e. The van der Waals surface area contributed by atoms with Crippen LogP contribution in [0.25, 0.3) is 0 Å². The highest BCUT2D eigenvalue weighted by molar-refractivity contribution is 7.15. The van der Waals surface area contributed by atoms with E-state index in [1.165, 1.54) is 16.2 Å². The van der Waals surface area contributed by atoms with Crippen LogP contribution >= 0.6 is 11.3 Å². The van der Waals surface area contributed by atoms with E-state index < -0.39 is 12.7 Å². The highest BCUT2D eigenvalue weighted by Gasteiger charge is 2.35. The highest BCUT2D eigenvalue weighted by Crippen LogP contribution is 2.44. The van der Waals surface area contributed by atoms with Crippen LogP contribution in [0.4, 0.5) is 18.3 Å². The van der Waals surface area contributed by atoms with E-state index in [4.69, 9.17) is 0 Å². The standard InChI is InChI=1S/C13H20F3N3S/c1-8(2)19(7-13(14,15)16)12-18-11(9-4-5-9)10(20-12)6-17-3/h8-9,17H,4-7H2,1-3H3. The van der Waals surface area contributed by atoms with E-state index in [1.54, 1.807) is 13.8 Å². The highest BCUT2D eigenvalue weighted by atomic mass is 32.1. The molecule has 1 aromatic rings. The minimum absolute atomic E-state index is 0.225. The quantitative estimate of drug-likeness (QED) is 0.871. The van der Waals surface area contributed by atoms with Crippen molar-refractivity contribution < 1.29 is 13.2 Å². The van der Waals surface area contributed by atoms with Crippen LogP contribution in [-0.4, -0.2) is 30.8 Å². The van der Waals surface area contributed by atoms with Crippen molar-refractivity contribution in [2.24, 2.45) is 0 Å². The van der Waals surface area contributed by atoms with Crippen molar-refractivity contribution in [1.29, 1.82) is 0 Å². The van der Waals surface area contributed by atoms with Gasteiger partial charge in [0.2, 0.25) is 0 Å². The summed E-state index contributed by atoms with van der Waals surface area (Å²) in [5, 5.41) is 3.56. The molecule has 114 valence electrons. The first-order chi connectivity index (χ1) is 9.31. The minimum Gasteiger partial charge on any atom is -0.337 e. The molecule has 7 heteroatoms. The average Bonchev–Trinajstić information content (AvgIpc) is 3.08. The maximum absolute atomic E-state index is 12.7. The number of hydrogen-bond donors (Lipinski definition) is 1. The lowest BCUT2D eigenvalue weighted by Crippen LogP contribution is -2.39. The summed E-state index contributed by atoms with van der Waals surface area (Å²) < 4.78 is 38.1. The van der Waals surface area contributed by atoms with Gasteiger partial charge in [-0.3, -0.25) is 0 Å². The number of halogens is 3. The topological polar surface area (TPSA) is 28.2 Å². The molecule has 0 radical (unpaired) electrons. The first kappa shape index (κ1) is 15.6. The Morgan fingerprint density at radius 2 is 2.05 bits per heavy atom. The second-order valence-corrected chi connectivity index (χ2v) is 6.51. The van der Waals surface area contributed by atoms with Crippen LogP contribution in [-0.2, 0) is 6.54 Å². The molecule has 0 unspecified atom stereocenters. The number of hydrogen-bond acceptors (Lipinski definition) is 4. The lowest BCUT2D eigenvalue weighted by Gasteiger charge is -2.27. The summed E-state index contributed by atoms with van der Waals surface area (Å²) in [5.41, 5.74) is 0.993. The van der Waals surface area contributed by atoms with Crippen molar-refractivity contribution in [3.05, 3.63) is 10.6 Å². The molecule has 2 rings (SSSR count). The third-order valence-corrected chi connectivity index (χ3v) is 4.34. The largest absolute Gasteiger partial charge is 0.406 e. The predicted molar refractivity (Wildman–Crippen MR) is 75.4 cm³/mol. The SMILES string of the molecule is CNCc1sc(N(CC(F)(F)F)C(C)C)nc1C1CC1. The number of nitrogens with one attached hydrogen (secondary N) is 1. The third kappa shape index (κ3) is 3.85. The number of alkyl halides is 3. The van der Waals surface area contributed by atoms with Crippen molar-refractivity contribution in [1.82, 2.24) is 10.3 Å². The number of thiazole rings is 1. The van der Waals surface area contributed by atoms with Gasteiger partial charge in [0.05, 0.1) is 5.69 Å². The van der Waals surface area contributed by atoms with Crippen LogP contribution < -0.4 is 10.2 Å². The zero-order valence-electron chi connectivity index (χ0n) is 11.9. The molecule has 1 saturated carbocycles. The molecule has 0 aromatic carbocycles. The van der Waals surface area contributed by atoms with Crippen LogP contribution in [0, 0.1) is 0 Å². The molecule has 1 heterocycles. The minimum atomic E-state index is -4.21. The van der Waals surface area contributed by atoms with E-state index in [2.05, 4.69) is 10.3 Å². The van der Waals surface area contributed by atoms with E-state index in [0.29, 0.717) is 17.6 Å². The number of nitrogens with zero attached hydrogens (tertiary/aromatic N) is 2. The van der Waals surface area contributed by atoms with E-state index in [0.717, 1.165) is 23.4 Å². The van der Waals surface area contributed by atoms with Crippen molar-refractivity contribution in [2.75, 3.05) is 18.5 Å². The molecule has 0 aliphatic heterocycles. The summed E-state index contributed by atoms with van der Waals surface area (Å²) in [5.74, 6) is 0.447. The zero-order valence-corrected chi connectivity index (χ0v) is 12.7. The lowest BCUT2D eigenvalue weighted by molar-refractivity contribution is -0.120. The second kappa shape index (κ2) is 5.89. The average molecular weight is 307 g/mol. The third-order valence-electron chi connectivity index (χ3n) is 3.24. The normalized spacial score (nSPS) is 15.9. The Morgan fingerprint density at radius 1 is 1.40 bits per heavy atom. The number of rotatable bonds is 6. The van der Waals surface area contributed by atoms with E-state index in [-0.39, 0.29) is 6.04 Å². The molecule has 0 spiro atoms. The van der Waals surface area contributed by atoms with Crippen molar-refractivity contribution in [3.8, 4) is 0 Å². The van der Waals surface area contributed by atoms with Gasteiger partial charge in [0.25, 0.3) is 0 Å². The van der Waals surface area contributed by atoms with Gasteiger partial charge in [0.15, 0.2) is 5.13 Å². The van der Waals surface area contributed by atoms with Crippen LogP contribution in [0.3, 0.4) is 0 Å². The molecule has 20 heavy (non-hydrogen) atoms. The Morgan fingerprint density at radius 3 is 2.50 bits per heavy atom. The molecule has 0 amide bonds. The van der Waals surface area contributed by atoms with Crippen molar-refractivity contribution >= 4 is 16.5 Å². The number of aromatic nitrogens is 1. The molecule has 1 aliphatic rings. The summed E-state index contributed by atoms with van der Waals surface area (Å²) in [6.45, 7) is 3.26. The predicted octanol–water partition coefficient (Wildman–Crippen LogP) is 3.52. The van der Waals surface area contributed by atoms with Gasteiger partial charge in [-0.15, -0.1) is 11.3 Å². The van der Waals surface area contributed by atoms with Gasteiger partial charge in [-0.25, -0.2) is 4.98 Å². The molecule has 1 aliphatic carbocycles. The zero-order chi connectivity index (χ0) is 14.9. The Balaban J connectivity index is 2.26. The fourth-order valence-corrected chi connectivity index (χ4v) is 3.39. The monoisotopic (exact) mass is 307 g/mol. The van der Waals surface area contributed by atoms with Gasteiger partial charge in [0.1, 0.15) is 6.54 Å². The van der Waals surface area contributed by atoms with E-state index >= 15 is 0 Å². The van der Waals surface area contributed by atoms with E-state index in [1.807, 2.05) is 7.05 Å². The molecule has 0 atom stereocenters. The van der Waals surface area contributed by atoms with Crippen LogP contribution in [0.15, 0.2) is 0 Å². The maximum atomic E-state index is 12.7. The van der Waals surface area contributed by atoms with E-state index in [9.17, 15) is 13.2 Å². The Hall–Kier alpha value is -0.820. The second-order valence-electron chi connectivity index (χ2n) is 5.45. The molecule has 1 N–H and O–H groups in total. The number of anilines is 1. The first-order valence-corrected chi connectivity index (χ1v) is 7.61.